The van der Waals surface area contributed by atoms with Crippen molar-refractivity contribution in [1.82, 2.24) is 19.5 Å². The van der Waals surface area contributed by atoms with Gasteiger partial charge < -0.3 is 9.88 Å². The molecule has 5 heteroatoms. The SMILES string of the molecule is CCCn1cnc(NCC)c2ncnc1-2. The van der Waals surface area contributed by atoms with E-state index in [1.54, 1.807) is 6.33 Å². The number of hydrogen-bond donors (Lipinski definition) is 1. The van der Waals surface area contributed by atoms with Crippen LogP contribution in [0.3, 0.4) is 0 Å². The molecule has 0 radical (unpaired) electrons. The van der Waals surface area contributed by atoms with Gasteiger partial charge in [0, 0.05) is 13.1 Å². The number of hydrogen-bond acceptors (Lipinski definition) is 4. The average molecular weight is 205 g/mol. The third kappa shape index (κ3) is 1.77. The summed E-state index contributed by atoms with van der Waals surface area (Å²) in [5, 5.41) is 3.18. The minimum atomic E-state index is 0.817. The number of anilines is 1. The van der Waals surface area contributed by atoms with E-state index in [1.165, 1.54) is 0 Å². The van der Waals surface area contributed by atoms with Crippen molar-refractivity contribution < 1.29 is 0 Å². The van der Waals surface area contributed by atoms with E-state index in [1.807, 2.05) is 17.8 Å². The molecule has 0 atom stereocenters. The van der Waals surface area contributed by atoms with Crippen LogP contribution in [0.4, 0.5) is 5.82 Å². The van der Waals surface area contributed by atoms with Crippen LogP contribution in [-0.2, 0) is 6.54 Å². The Morgan fingerprint density at radius 1 is 1.27 bits per heavy atom. The zero-order chi connectivity index (χ0) is 10.7. The molecule has 1 N–H and O–H groups in total. The van der Waals surface area contributed by atoms with E-state index in [2.05, 4.69) is 27.2 Å². The summed E-state index contributed by atoms with van der Waals surface area (Å²) in [6.45, 7) is 5.94. The van der Waals surface area contributed by atoms with Crippen molar-refractivity contribution >= 4 is 5.82 Å². The highest BCUT2D eigenvalue weighted by molar-refractivity contribution is 5.66. The predicted octanol–water partition coefficient (Wildman–Crippen LogP) is 1.62. The fraction of sp³-hybridized carbons (Fsp3) is 0.500. The van der Waals surface area contributed by atoms with E-state index in [0.717, 1.165) is 36.8 Å². The molecule has 0 spiro atoms. The van der Waals surface area contributed by atoms with Crippen LogP contribution in [0, 0.1) is 0 Å². The zero-order valence-electron chi connectivity index (χ0n) is 9.06. The normalized spacial score (nSPS) is 10.8. The number of aromatic nitrogens is 4. The molecule has 0 fully saturated rings. The molecular weight excluding hydrogens is 190 g/mol. The molecule has 2 heterocycles. The molecule has 0 aliphatic carbocycles. The summed E-state index contributed by atoms with van der Waals surface area (Å²) in [6, 6.07) is 0. The molecule has 2 aliphatic heterocycles. The minimum Gasteiger partial charge on any atom is -0.368 e. The van der Waals surface area contributed by atoms with Crippen LogP contribution in [0.5, 0.6) is 0 Å². The van der Waals surface area contributed by atoms with Crippen molar-refractivity contribution in [3.05, 3.63) is 12.7 Å². The maximum atomic E-state index is 4.34. The highest BCUT2D eigenvalue weighted by Crippen LogP contribution is 2.23. The topological polar surface area (TPSA) is 55.6 Å². The standard InChI is InChI=1S/C10H15N5/c1-3-5-15-7-14-9(11-4-2)8-10(15)13-6-12-8/h6-7,11H,3-5H2,1-2H3. The molecule has 0 aromatic heterocycles. The number of nitrogens with zero attached hydrogens (tertiary/aromatic N) is 4. The minimum absolute atomic E-state index is 0.817. The van der Waals surface area contributed by atoms with Crippen molar-refractivity contribution in [2.24, 2.45) is 0 Å². The molecule has 0 bridgehead atoms. The number of imidazole rings is 1. The molecular formula is C10H15N5. The van der Waals surface area contributed by atoms with Gasteiger partial charge in [-0.25, -0.2) is 15.0 Å². The van der Waals surface area contributed by atoms with Gasteiger partial charge in [-0.2, -0.15) is 0 Å². The highest BCUT2D eigenvalue weighted by atomic mass is 15.2. The first kappa shape index (κ1) is 9.89. The van der Waals surface area contributed by atoms with Gasteiger partial charge in [0.2, 0.25) is 0 Å². The van der Waals surface area contributed by atoms with Gasteiger partial charge in [0.25, 0.3) is 0 Å². The molecule has 0 aromatic rings. The molecule has 0 saturated heterocycles. The molecule has 2 aliphatic rings. The van der Waals surface area contributed by atoms with E-state index in [9.17, 15) is 0 Å². The van der Waals surface area contributed by atoms with Crippen LogP contribution in [0.1, 0.15) is 20.3 Å². The third-order valence-electron chi connectivity index (χ3n) is 2.21. The monoisotopic (exact) mass is 205 g/mol. The smallest absolute Gasteiger partial charge is 0.165 e. The summed E-state index contributed by atoms with van der Waals surface area (Å²) < 4.78 is 2.03. The van der Waals surface area contributed by atoms with Gasteiger partial charge in [-0.3, -0.25) is 0 Å². The molecule has 0 unspecified atom stereocenters. The molecule has 0 aromatic carbocycles. The van der Waals surface area contributed by atoms with Gasteiger partial charge in [0.1, 0.15) is 12.0 Å². The van der Waals surface area contributed by atoms with Crippen molar-refractivity contribution in [3.63, 3.8) is 0 Å². The van der Waals surface area contributed by atoms with E-state index in [-0.39, 0.29) is 0 Å². The predicted molar refractivity (Wildman–Crippen MR) is 58.9 cm³/mol. The fourth-order valence-electron chi connectivity index (χ4n) is 1.58. The third-order valence-corrected chi connectivity index (χ3v) is 2.21. The van der Waals surface area contributed by atoms with Crippen LogP contribution in [0.15, 0.2) is 12.7 Å². The van der Waals surface area contributed by atoms with Crippen molar-refractivity contribution in [3.8, 4) is 11.5 Å². The lowest BCUT2D eigenvalue weighted by atomic mass is 10.3. The Balaban J connectivity index is 2.43. The lowest BCUT2D eigenvalue weighted by Gasteiger charge is -2.12. The van der Waals surface area contributed by atoms with Crippen LogP contribution in [-0.4, -0.2) is 26.1 Å². The second-order valence-electron chi connectivity index (χ2n) is 3.36. The number of rotatable bonds is 4. The summed E-state index contributed by atoms with van der Waals surface area (Å²) >= 11 is 0. The first-order valence-electron chi connectivity index (χ1n) is 5.26. The van der Waals surface area contributed by atoms with Crippen LogP contribution < -0.4 is 5.32 Å². The Labute approximate surface area is 88.9 Å². The summed E-state index contributed by atoms with van der Waals surface area (Å²) in [5.74, 6) is 1.72. The molecule has 80 valence electrons. The molecule has 0 amide bonds. The molecule has 2 rings (SSSR count). The first-order chi connectivity index (χ1) is 7.36. The average Bonchev–Trinajstić information content (AvgIpc) is 2.71. The Hall–Kier alpha value is -1.65. The summed E-state index contributed by atoms with van der Waals surface area (Å²) in [6.07, 6.45) is 4.46. The van der Waals surface area contributed by atoms with Crippen LogP contribution in [0.25, 0.3) is 11.5 Å². The van der Waals surface area contributed by atoms with E-state index < -0.39 is 0 Å². The van der Waals surface area contributed by atoms with E-state index >= 15 is 0 Å². The van der Waals surface area contributed by atoms with Gasteiger partial charge in [0.15, 0.2) is 11.6 Å². The number of fused-ring (bicyclic) bond motifs is 1. The van der Waals surface area contributed by atoms with Gasteiger partial charge >= 0.3 is 0 Å². The Kier molecular flexibility index (Phi) is 2.80. The van der Waals surface area contributed by atoms with Crippen molar-refractivity contribution in [2.45, 2.75) is 26.8 Å². The van der Waals surface area contributed by atoms with E-state index in [4.69, 9.17) is 0 Å². The quantitative estimate of drug-likeness (QED) is 0.824. The maximum absolute atomic E-state index is 4.34. The second kappa shape index (κ2) is 4.25. The van der Waals surface area contributed by atoms with Gasteiger partial charge in [0.05, 0.1) is 6.33 Å². The number of aryl methyl sites for hydroxylation is 1. The molecule has 0 saturated carbocycles. The van der Waals surface area contributed by atoms with E-state index in [0.29, 0.717) is 0 Å². The maximum Gasteiger partial charge on any atom is 0.165 e. The van der Waals surface area contributed by atoms with Gasteiger partial charge in [-0.15, -0.1) is 0 Å². The zero-order valence-corrected chi connectivity index (χ0v) is 9.06. The molecule has 5 nitrogen and oxygen atoms in total. The summed E-state index contributed by atoms with van der Waals surface area (Å²) in [5.41, 5.74) is 0.854. The Bertz CT molecular complexity index is 372. The Morgan fingerprint density at radius 3 is 2.87 bits per heavy atom. The number of nitrogens with one attached hydrogen (secondary N) is 1. The lowest BCUT2D eigenvalue weighted by molar-refractivity contribution is 0.660. The largest absolute Gasteiger partial charge is 0.368 e. The van der Waals surface area contributed by atoms with Crippen molar-refractivity contribution in [2.75, 3.05) is 11.9 Å². The van der Waals surface area contributed by atoms with Crippen LogP contribution >= 0.6 is 0 Å². The Morgan fingerprint density at radius 2 is 2.13 bits per heavy atom. The van der Waals surface area contributed by atoms with Gasteiger partial charge in [-0.1, -0.05) is 6.92 Å². The van der Waals surface area contributed by atoms with Crippen LogP contribution in [0.2, 0.25) is 0 Å². The van der Waals surface area contributed by atoms with Gasteiger partial charge in [-0.05, 0) is 13.3 Å². The summed E-state index contributed by atoms with van der Waals surface area (Å²) in [4.78, 5) is 12.8. The van der Waals surface area contributed by atoms with Crippen molar-refractivity contribution in [1.29, 1.82) is 0 Å². The summed E-state index contributed by atoms with van der Waals surface area (Å²) in [7, 11) is 0. The molecule has 15 heavy (non-hydrogen) atoms. The lowest BCUT2D eigenvalue weighted by Crippen LogP contribution is -2.09. The highest BCUT2D eigenvalue weighted by Gasteiger charge is 2.15. The first-order valence-corrected chi connectivity index (χ1v) is 5.26. The fourth-order valence-corrected chi connectivity index (χ4v) is 1.58. The second-order valence-corrected chi connectivity index (χ2v) is 3.36.